The summed E-state index contributed by atoms with van der Waals surface area (Å²) in [6.07, 6.45) is 1.70. The quantitative estimate of drug-likeness (QED) is 0.293. The molecule has 0 aromatic carbocycles. The van der Waals surface area contributed by atoms with Crippen molar-refractivity contribution in [2.75, 3.05) is 27.3 Å². The first-order valence-corrected chi connectivity index (χ1v) is 7.89. The van der Waals surface area contributed by atoms with Gasteiger partial charge in [-0.1, -0.05) is 0 Å². The second kappa shape index (κ2) is 10.4. The number of nitrogens with zero attached hydrogens (tertiary/aromatic N) is 5. The minimum absolute atomic E-state index is 0. The predicted octanol–water partition coefficient (Wildman–Crippen LogP) is 1.87. The van der Waals surface area contributed by atoms with Gasteiger partial charge in [-0.2, -0.15) is 0 Å². The Labute approximate surface area is 165 Å². The van der Waals surface area contributed by atoms with E-state index in [1.807, 2.05) is 38.6 Å². The summed E-state index contributed by atoms with van der Waals surface area (Å²) < 4.78 is 12.4. The molecule has 140 valence electrons. The van der Waals surface area contributed by atoms with Crippen LogP contribution in [-0.2, 0) is 24.9 Å². The van der Waals surface area contributed by atoms with Crippen molar-refractivity contribution in [1.82, 2.24) is 25.0 Å². The number of methoxy groups -OCH3 is 1. The zero-order chi connectivity index (χ0) is 17.5. The molecule has 2 heterocycles. The SMILES string of the molecule is COCCNC(=NCc1nnc(C)n1C)N(C)Cc1ccoc1C.I. The average Bonchev–Trinajstić information content (AvgIpc) is 3.10. The van der Waals surface area contributed by atoms with Crippen LogP contribution in [0.25, 0.3) is 0 Å². The predicted molar refractivity (Wildman–Crippen MR) is 107 cm³/mol. The van der Waals surface area contributed by atoms with Gasteiger partial charge < -0.3 is 23.9 Å². The molecule has 0 radical (unpaired) electrons. The fourth-order valence-electron chi connectivity index (χ4n) is 2.22. The summed E-state index contributed by atoms with van der Waals surface area (Å²) >= 11 is 0. The van der Waals surface area contributed by atoms with Crippen LogP contribution in [0.15, 0.2) is 21.7 Å². The number of hydrogen-bond acceptors (Lipinski definition) is 5. The molecule has 0 bridgehead atoms. The Kier molecular flexibility index (Phi) is 8.90. The summed E-state index contributed by atoms with van der Waals surface area (Å²) in [5.41, 5.74) is 1.13. The van der Waals surface area contributed by atoms with E-state index in [1.54, 1.807) is 13.4 Å². The van der Waals surface area contributed by atoms with Gasteiger partial charge in [0.05, 0.1) is 12.9 Å². The summed E-state index contributed by atoms with van der Waals surface area (Å²) in [4.78, 5) is 6.72. The van der Waals surface area contributed by atoms with E-state index in [0.29, 0.717) is 26.2 Å². The molecule has 2 rings (SSSR count). The monoisotopic (exact) mass is 462 g/mol. The maximum atomic E-state index is 5.36. The number of rotatable bonds is 7. The van der Waals surface area contributed by atoms with Gasteiger partial charge in [0.2, 0.25) is 0 Å². The summed E-state index contributed by atoms with van der Waals surface area (Å²) in [6.45, 7) is 6.34. The van der Waals surface area contributed by atoms with Crippen molar-refractivity contribution in [3.63, 3.8) is 0 Å². The number of aliphatic imine (C=N–C) groups is 1. The third-order valence-electron chi connectivity index (χ3n) is 3.88. The number of ether oxygens (including phenoxy) is 1. The van der Waals surface area contributed by atoms with Crippen molar-refractivity contribution in [3.8, 4) is 0 Å². The first kappa shape index (κ1) is 21.4. The first-order valence-electron chi connectivity index (χ1n) is 7.89. The van der Waals surface area contributed by atoms with E-state index in [4.69, 9.17) is 9.15 Å². The van der Waals surface area contributed by atoms with Crippen LogP contribution in [-0.4, -0.2) is 52.9 Å². The Bertz CT molecular complexity index is 682. The van der Waals surface area contributed by atoms with Crippen LogP contribution >= 0.6 is 24.0 Å². The minimum Gasteiger partial charge on any atom is -0.469 e. The van der Waals surface area contributed by atoms with Crippen LogP contribution in [0.4, 0.5) is 0 Å². The number of aryl methyl sites for hydroxylation is 2. The van der Waals surface area contributed by atoms with E-state index in [9.17, 15) is 0 Å². The van der Waals surface area contributed by atoms with Gasteiger partial charge >= 0.3 is 0 Å². The van der Waals surface area contributed by atoms with Gasteiger partial charge in [-0.25, -0.2) is 4.99 Å². The zero-order valence-corrected chi connectivity index (χ0v) is 17.8. The van der Waals surface area contributed by atoms with Gasteiger partial charge in [-0.15, -0.1) is 34.2 Å². The third-order valence-corrected chi connectivity index (χ3v) is 3.88. The van der Waals surface area contributed by atoms with Crippen molar-refractivity contribution in [2.24, 2.45) is 12.0 Å². The molecule has 25 heavy (non-hydrogen) atoms. The largest absolute Gasteiger partial charge is 0.469 e. The van der Waals surface area contributed by atoms with Gasteiger partial charge in [-0.05, 0) is 19.9 Å². The van der Waals surface area contributed by atoms with Crippen molar-refractivity contribution < 1.29 is 9.15 Å². The summed E-state index contributed by atoms with van der Waals surface area (Å²) in [6, 6.07) is 1.98. The molecule has 0 aliphatic heterocycles. The molecule has 0 aliphatic rings. The highest BCUT2D eigenvalue weighted by Crippen LogP contribution is 2.11. The highest BCUT2D eigenvalue weighted by molar-refractivity contribution is 14.0. The Hall–Kier alpha value is -1.62. The average molecular weight is 462 g/mol. The fraction of sp³-hybridized carbons (Fsp3) is 0.562. The molecule has 9 heteroatoms. The lowest BCUT2D eigenvalue weighted by atomic mass is 10.2. The molecule has 2 aromatic rings. The lowest BCUT2D eigenvalue weighted by molar-refractivity contribution is 0.203. The van der Waals surface area contributed by atoms with Gasteiger partial charge in [-0.3, -0.25) is 0 Å². The Morgan fingerprint density at radius 2 is 2.16 bits per heavy atom. The molecule has 0 amide bonds. The summed E-state index contributed by atoms with van der Waals surface area (Å²) in [7, 11) is 5.61. The van der Waals surface area contributed by atoms with Crippen molar-refractivity contribution >= 4 is 29.9 Å². The molecule has 0 aliphatic carbocycles. The molecule has 2 aromatic heterocycles. The fourth-order valence-corrected chi connectivity index (χ4v) is 2.22. The molecule has 8 nitrogen and oxygen atoms in total. The molecule has 0 atom stereocenters. The molecule has 1 N–H and O–H groups in total. The van der Waals surface area contributed by atoms with Crippen molar-refractivity contribution in [2.45, 2.75) is 26.9 Å². The van der Waals surface area contributed by atoms with Crippen LogP contribution in [0, 0.1) is 13.8 Å². The number of guanidine groups is 1. The molecule has 0 saturated heterocycles. The Morgan fingerprint density at radius 3 is 2.72 bits per heavy atom. The standard InChI is InChI=1S/C16H26N6O2.HI/c1-12-14(6-8-24-12)11-21(3)16(17-7-9-23-5)18-10-15-20-19-13(2)22(15)4;/h6,8H,7,9-11H2,1-5H3,(H,17,18);1H. The van der Waals surface area contributed by atoms with E-state index in [2.05, 4.69) is 25.4 Å². The summed E-state index contributed by atoms with van der Waals surface area (Å²) in [5.74, 6) is 3.40. The minimum atomic E-state index is 0. The number of nitrogens with one attached hydrogen (secondary N) is 1. The molecule has 0 saturated carbocycles. The molecule has 0 unspecified atom stereocenters. The van der Waals surface area contributed by atoms with E-state index in [0.717, 1.165) is 28.9 Å². The second-order valence-corrected chi connectivity index (χ2v) is 5.64. The summed E-state index contributed by atoms with van der Waals surface area (Å²) in [5, 5.41) is 11.5. The molecular formula is C16H27IN6O2. The van der Waals surface area contributed by atoms with Crippen LogP contribution < -0.4 is 5.32 Å². The maximum absolute atomic E-state index is 5.36. The van der Waals surface area contributed by atoms with Gasteiger partial charge in [0.25, 0.3) is 0 Å². The molecule has 0 spiro atoms. The second-order valence-electron chi connectivity index (χ2n) is 5.64. The molecule has 0 fully saturated rings. The topological polar surface area (TPSA) is 80.7 Å². The first-order chi connectivity index (χ1) is 11.5. The number of aromatic nitrogens is 3. The maximum Gasteiger partial charge on any atom is 0.194 e. The van der Waals surface area contributed by atoms with Crippen molar-refractivity contribution in [1.29, 1.82) is 0 Å². The number of halogens is 1. The van der Waals surface area contributed by atoms with E-state index >= 15 is 0 Å². The van der Waals surface area contributed by atoms with Crippen LogP contribution in [0.1, 0.15) is 23.0 Å². The molecular weight excluding hydrogens is 435 g/mol. The lowest BCUT2D eigenvalue weighted by Gasteiger charge is -2.22. The van der Waals surface area contributed by atoms with Crippen LogP contribution in [0.2, 0.25) is 0 Å². The Morgan fingerprint density at radius 1 is 1.40 bits per heavy atom. The smallest absolute Gasteiger partial charge is 0.194 e. The Balaban J connectivity index is 0.00000312. The number of hydrogen-bond donors (Lipinski definition) is 1. The van der Waals surface area contributed by atoms with E-state index in [-0.39, 0.29) is 24.0 Å². The normalized spacial score (nSPS) is 11.3. The van der Waals surface area contributed by atoms with Gasteiger partial charge in [0, 0.05) is 39.9 Å². The van der Waals surface area contributed by atoms with Crippen LogP contribution in [0.3, 0.4) is 0 Å². The highest BCUT2D eigenvalue weighted by Gasteiger charge is 2.11. The third kappa shape index (κ3) is 5.99. The van der Waals surface area contributed by atoms with E-state index in [1.165, 1.54) is 0 Å². The highest BCUT2D eigenvalue weighted by atomic mass is 127. The van der Waals surface area contributed by atoms with E-state index < -0.39 is 0 Å². The van der Waals surface area contributed by atoms with Crippen molar-refractivity contribution in [3.05, 3.63) is 35.3 Å². The number of furan rings is 1. The lowest BCUT2D eigenvalue weighted by Crippen LogP contribution is -2.40. The zero-order valence-electron chi connectivity index (χ0n) is 15.4. The van der Waals surface area contributed by atoms with Gasteiger partial charge in [0.1, 0.15) is 18.1 Å². The van der Waals surface area contributed by atoms with Crippen LogP contribution in [0.5, 0.6) is 0 Å². The van der Waals surface area contributed by atoms with Gasteiger partial charge in [0.15, 0.2) is 11.8 Å².